The van der Waals surface area contributed by atoms with Crippen molar-refractivity contribution in [2.45, 2.75) is 47.1 Å². The molecule has 7 heteroatoms. The fourth-order valence-electron chi connectivity index (χ4n) is 2.16. The van der Waals surface area contributed by atoms with Crippen LogP contribution >= 0.6 is 0 Å². The standard InChI is InChI=1S/C16H21N3O4/c1-9(2)5-6-12-7-10(3)14(16(21)22-12)15(20)17-8-13-11(4)18-23-19-13/h7,9H,5-6,8H2,1-4H3,(H,17,20). The first kappa shape index (κ1) is 16.9. The van der Waals surface area contributed by atoms with Gasteiger partial charge in [-0.25, -0.2) is 9.42 Å². The Morgan fingerprint density at radius 2 is 2.04 bits per heavy atom. The molecular formula is C16H21N3O4. The maximum atomic E-state index is 12.2. The van der Waals surface area contributed by atoms with E-state index >= 15 is 0 Å². The molecule has 2 heterocycles. The van der Waals surface area contributed by atoms with Crippen molar-refractivity contribution in [3.63, 3.8) is 0 Å². The molecule has 0 bridgehead atoms. The van der Waals surface area contributed by atoms with Crippen LogP contribution in [0.3, 0.4) is 0 Å². The number of hydrogen-bond acceptors (Lipinski definition) is 6. The van der Waals surface area contributed by atoms with Gasteiger partial charge in [0.2, 0.25) is 0 Å². The van der Waals surface area contributed by atoms with Gasteiger partial charge in [-0.2, -0.15) is 0 Å². The van der Waals surface area contributed by atoms with E-state index in [0.717, 1.165) is 6.42 Å². The molecule has 1 N–H and O–H groups in total. The summed E-state index contributed by atoms with van der Waals surface area (Å²) in [5.41, 5.74) is 1.13. The minimum atomic E-state index is -0.615. The average molecular weight is 319 g/mol. The predicted molar refractivity (Wildman–Crippen MR) is 83.1 cm³/mol. The molecule has 0 spiro atoms. The van der Waals surface area contributed by atoms with Gasteiger partial charge in [0.05, 0.1) is 6.54 Å². The van der Waals surface area contributed by atoms with Crippen LogP contribution in [0.15, 0.2) is 19.9 Å². The quantitative estimate of drug-likeness (QED) is 0.876. The van der Waals surface area contributed by atoms with Crippen molar-refractivity contribution in [2.24, 2.45) is 5.92 Å². The third-order valence-electron chi connectivity index (χ3n) is 3.56. The molecular weight excluding hydrogens is 298 g/mol. The molecule has 0 radical (unpaired) electrons. The van der Waals surface area contributed by atoms with Crippen LogP contribution in [0, 0.1) is 19.8 Å². The van der Waals surface area contributed by atoms with Gasteiger partial charge in [-0.1, -0.05) is 24.2 Å². The first-order valence-electron chi connectivity index (χ1n) is 7.58. The Balaban J connectivity index is 2.11. The first-order chi connectivity index (χ1) is 10.9. The molecule has 7 nitrogen and oxygen atoms in total. The van der Waals surface area contributed by atoms with E-state index in [1.807, 2.05) is 0 Å². The van der Waals surface area contributed by atoms with Gasteiger partial charge in [-0.05, 0) is 37.8 Å². The largest absolute Gasteiger partial charge is 0.427 e. The molecule has 124 valence electrons. The SMILES string of the molecule is Cc1cc(CCC(C)C)oc(=O)c1C(=O)NCc1nonc1C. The summed E-state index contributed by atoms with van der Waals surface area (Å²) in [6, 6.07) is 1.75. The average Bonchev–Trinajstić information content (AvgIpc) is 2.87. The van der Waals surface area contributed by atoms with Gasteiger partial charge in [-0.3, -0.25) is 4.79 Å². The summed E-state index contributed by atoms with van der Waals surface area (Å²) in [5, 5.41) is 9.94. The summed E-state index contributed by atoms with van der Waals surface area (Å²) in [6.07, 6.45) is 1.60. The second kappa shape index (κ2) is 7.21. The molecule has 0 unspecified atom stereocenters. The molecule has 0 aliphatic rings. The number of amides is 1. The van der Waals surface area contributed by atoms with Gasteiger partial charge in [-0.15, -0.1) is 0 Å². The van der Waals surface area contributed by atoms with Crippen molar-refractivity contribution in [3.05, 3.63) is 44.8 Å². The van der Waals surface area contributed by atoms with Crippen LogP contribution in [-0.2, 0) is 13.0 Å². The Morgan fingerprint density at radius 1 is 1.30 bits per heavy atom. The monoisotopic (exact) mass is 319 g/mol. The Morgan fingerprint density at radius 3 is 2.61 bits per heavy atom. The maximum absolute atomic E-state index is 12.2. The van der Waals surface area contributed by atoms with Crippen molar-refractivity contribution < 1.29 is 13.8 Å². The Kier molecular flexibility index (Phi) is 5.31. The zero-order valence-corrected chi connectivity index (χ0v) is 13.8. The van der Waals surface area contributed by atoms with Gasteiger partial charge < -0.3 is 9.73 Å². The summed E-state index contributed by atoms with van der Waals surface area (Å²) in [4.78, 5) is 24.3. The fraction of sp³-hybridized carbons (Fsp3) is 0.500. The normalized spacial score (nSPS) is 11.0. The number of aromatic nitrogens is 2. The Bertz CT molecular complexity index is 746. The minimum Gasteiger partial charge on any atom is -0.427 e. The number of rotatable bonds is 6. The van der Waals surface area contributed by atoms with Crippen LogP contribution in [0.25, 0.3) is 0 Å². The highest BCUT2D eigenvalue weighted by atomic mass is 16.6. The number of carbonyl (C=O) groups excluding carboxylic acids is 1. The fourth-order valence-corrected chi connectivity index (χ4v) is 2.16. The van der Waals surface area contributed by atoms with E-state index in [2.05, 4.69) is 34.1 Å². The van der Waals surface area contributed by atoms with Crippen molar-refractivity contribution in [2.75, 3.05) is 0 Å². The third-order valence-corrected chi connectivity index (χ3v) is 3.56. The predicted octanol–water partition coefficient (Wildman–Crippen LogP) is 2.16. The van der Waals surface area contributed by atoms with E-state index in [1.54, 1.807) is 19.9 Å². The molecule has 0 saturated heterocycles. The van der Waals surface area contributed by atoms with Gasteiger partial charge in [0, 0.05) is 6.42 Å². The van der Waals surface area contributed by atoms with E-state index in [1.165, 1.54) is 0 Å². The van der Waals surface area contributed by atoms with Crippen LogP contribution in [0.2, 0.25) is 0 Å². The molecule has 2 aromatic heterocycles. The molecule has 0 atom stereocenters. The summed E-state index contributed by atoms with van der Waals surface area (Å²) in [5.74, 6) is 0.631. The number of nitrogens with zero attached hydrogens (tertiary/aromatic N) is 2. The molecule has 0 aromatic carbocycles. The lowest BCUT2D eigenvalue weighted by atomic mass is 10.0. The van der Waals surface area contributed by atoms with Gasteiger partial charge in [0.15, 0.2) is 0 Å². The smallest absolute Gasteiger partial charge is 0.349 e. The van der Waals surface area contributed by atoms with Crippen molar-refractivity contribution in [3.8, 4) is 0 Å². The van der Waals surface area contributed by atoms with E-state index in [-0.39, 0.29) is 12.1 Å². The third kappa shape index (κ3) is 4.28. The van der Waals surface area contributed by atoms with Crippen LogP contribution < -0.4 is 10.9 Å². The van der Waals surface area contributed by atoms with E-state index in [4.69, 9.17) is 4.42 Å². The summed E-state index contributed by atoms with van der Waals surface area (Å²) in [6.45, 7) is 7.80. The van der Waals surface area contributed by atoms with E-state index in [0.29, 0.717) is 35.1 Å². The molecule has 23 heavy (non-hydrogen) atoms. The molecule has 0 fully saturated rings. The molecule has 1 amide bonds. The molecule has 0 aliphatic carbocycles. The number of carbonyl (C=O) groups is 1. The van der Waals surface area contributed by atoms with Gasteiger partial charge >= 0.3 is 5.63 Å². The number of aryl methyl sites for hydroxylation is 3. The highest BCUT2D eigenvalue weighted by Gasteiger charge is 2.17. The summed E-state index contributed by atoms with van der Waals surface area (Å²) >= 11 is 0. The molecule has 0 saturated carbocycles. The van der Waals surface area contributed by atoms with Gasteiger partial charge in [0.25, 0.3) is 5.91 Å². The maximum Gasteiger partial charge on any atom is 0.349 e. The Labute approximate surface area is 134 Å². The highest BCUT2D eigenvalue weighted by molar-refractivity contribution is 5.95. The molecule has 0 aliphatic heterocycles. The van der Waals surface area contributed by atoms with Crippen molar-refractivity contribution >= 4 is 5.91 Å². The number of hydrogen-bond donors (Lipinski definition) is 1. The lowest BCUT2D eigenvalue weighted by Gasteiger charge is -2.08. The molecule has 2 rings (SSSR count). The second-order valence-electron chi connectivity index (χ2n) is 5.97. The van der Waals surface area contributed by atoms with E-state index in [9.17, 15) is 9.59 Å². The van der Waals surface area contributed by atoms with Gasteiger partial charge in [0.1, 0.15) is 22.7 Å². The highest BCUT2D eigenvalue weighted by Crippen LogP contribution is 2.12. The minimum absolute atomic E-state index is 0.0207. The molecule has 2 aromatic rings. The van der Waals surface area contributed by atoms with Crippen LogP contribution in [0.1, 0.15) is 53.3 Å². The Hall–Kier alpha value is -2.44. The summed E-state index contributed by atoms with van der Waals surface area (Å²) < 4.78 is 9.82. The second-order valence-corrected chi connectivity index (χ2v) is 5.97. The lowest BCUT2D eigenvalue weighted by molar-refractivity contribution is 0.0945. The van der Waals surface area contributed by atoms with Crippen molar-refractivity contribution in [1.82, 2.24) is 15.6 Å². The summed E-state index contributed by atoms with van der Waals surface area (Å²) in [7, 11) is 0. The zero-order chi connectivity index (χ0) is 17.0. The topological polar surface area (TPSA) is 98.2 Å². The van der Waals surface area contributed by atoms with Crippen LogP contribution in [-0.4, -0.2) is 16.2 Å². The van der Waals surface area contributed by atoms with E-state index < -0.39 is 11.5 Å². The van der Waals surface area contributed by atoms with Crippen molar-refractivity contribution in [1.29, 1.82) is 0 Å². The number of nitrogens with one attached hydrogen (secondary N) is 1. The van der Waals surface area contributed by atoms with Crippen LogP contribution in [0.4, 0.5) is 0 Å². The van der Waals surface area contributed by atoms with Crippen LogP contribution in [0.5, 0.6) is 0 Å². The first-order valence-corrected chi connectivity index (χ1v) is 7.58. The lowest BCUT2D eigenvalue weighted by Crippen LogP contribution is -2.29. The zero-order valence-electron chi connectivity index (χ0n) is 13.8.